The van der Waals surface area contributed by atoms with E-state index in [9.17, 15) is 13.2 Å². The summed E-state index contributed by atoms with van der Waals surface area (Å²) in [6, 6.07) is 0. The maximum atomic E-state index is 12.3. The van der Waals surface area contributed by atoms with E-state index in [0.29, 0.717) is 0 Å². The second-order valence-corrected chi connectivity index (χ2v) is 8.91. The van der Waals surface area contributed by atoms with Crippen LogP contribution in [0.2, 0.25) is 0 Å². The summed E-state index contributed by atoms with van der Waals surface area (Å²) in [7, 11) is -2.06. The number of esters is 1. The van der Waals surface area contributed by atoms with Crippen molar-refractivity contribution in [3.63, 3.8) is 0 Å². The largest absolute Gasteiger partial charge is 0.469 e. The van der Waals surface area contributed by atoms with Crippen molar-refractivity contribution in [2.24, 2.45) is 0 Å². The highest BCUT2D eigenvalue weighted by atomic mass is 32.2. The summed E-state index contributed by atoms with van der Waals surface area (Å²) >= 11 is 0. The van der Waals surface area contributed by atoms with Crippen LogP contribution in [0.4, 0.5) is 0 Å². The van der Waals surface area contributed by atoms with E-state index in [1.165, 1.54) is 26.4 Å². The lowest BCUT2D eigenvalue weighted by Crippen LogP contribution is -2.35. The Kier molecular flexibility index (Phi) is 5.30. The van der Waals surface area contributed by atoms with Gasteiger partial charge in [0, 0.05) is 0 Å². The molecule has 6 heteroatoms. The Morgan fingerprint density at radius 1 is 1.29 bits per heavy atom. The predicted octanol–water partition coefficient (Wildman–Crippen LogP) is 2.23. The van der Waals surface area contributed by atoms with Gasteiger partial charge in [-0.15, -0.1) is 0 Å². The summed E-state index contributed by atoms with van der Waals surface area (Å²) in [6.45, 7) is 1.57. The minimum absolute atomic E-state index is 0.0207. The van der Waals surface area contributed by atoms with Crippen molar-refractivity contribution < 1.29 is 22.7 Å². The third-order valence-electron chi connectivity index (χ3n) is 4.82. The lowest BCUT2D eigenvalue weighted by Gasteiger charge is -2.33. The zero-order chi connectivity index (χ0) is 15.5. The van der Waals surface area contributed by atoms with Gasteiger partial charge in [0.15, 0.2) is 9.84 Å². The van der Waals surface area contributed by atoms with E-state index in [1.54, 1.807) is 6.92 Å². The summed E-state index contributed by atoms with van der Waals surface area (Å²) in [4.78, 5) is 11.2. The van der Waals surface area contributed by atoms with E-state index >= 15 is 0 Å². The molecule has 0 aromatic carbocycles. The van der Waals surface area contributed by atoms with Gasteiger partial charge in [-0.25, -0.2) is 8.42 Å². The Labute approximate surface area is 127 Å². The van der Waals surface area contributed by atoms with Gasteiger partial charge in [-0.3, -0.25) is 4.79 Å². The fourth-order valence-electron chi connectivity index (χ4n) is 3.45. The first kappa shape index (κ1) is 16.7. The average Bonchev–Trinajstić information content (AvgIpc) is 2.81. The molecule has 1 saturated heterocycles. The molecule has 2 atom stereocenters. The Morgan fingerprint density at radius 2 is 1.95 bits per heavy atom. The predicted molar refractivity (Wildman–Crippen MR) is 79.8 cm³/mol. The molecule has 1 aliphatic heterocycles. The molecule has 1 spiro atoms. The topological polar surface area (TPSA) is 69.7 Å². The molecule has 5 nitrogen and oxygen atoms in total. The van der Waals surface area contributed by atoms with Crippen molar-refractivity contribution in [3.8, 4) is 0 Å². The fourth-order valence-corrected chi connectivity index (χ4v) is 4.92. The molecule has 2 unspecified atom stereocenters. The quantitative estimate of drug-likeness (QED) is 0.727. The monoisotopic (exact) mass is 318 g/mol. The van der Waals surface area contributed by atoms with Crippen molar-refractivity contribution in [2.75, 3.05) is 12.9 Å². The fraction of sp³-hybridized carbons (Fsp3) is 0.933. The van der Waals surface area contributed by atoms with Gasteiger partial charge in [0.1, 0.15) is 0 Å². The lowest BCUT2D eigenvalue weighted by molar-refractivity contribution is -0.140. The smallest absolute Gasteiger partial charge is 0.306 e. The van der Waals surface area contributed by atoms with Gasteiger partial charge in [0.25, 0.3) is 0 Å². The van der Waals surface area contributed by atoms with Crippen LogP contribution in [-0.4, -0.2) is 44.2 Å². The third-order valence-corrected chi connectivity index (χ3v) is 7.05. The number of methoxy groups -OCH3 is 1. The Hall–Kier alpha value is -0.620. The molecule has 0 radical (unpaired) electrons. The van der Waals surface area contributed by atoms with Crippen molar-refractivity contribution in [3.05, 3.63) is 0 Å². The highest BCUT2D eigenvalue weighted by molar-refractivity contribution is 7.92. The van der Waals surface area contributed by atoms with Crippen molar-refractivity contribution in [2.45, 2.75) is 75.2 Å². The molecular weight excluding hydrogens is 292 g/mol. The van der Waals surface area contributed by atoms with E-state index in [4.69, 9.17) is 4.74 Å². The molecule has 2 aliphatic rings. The number of carbonyl (C=O) groups is 1. The number of ether oxygens (including phenoxy) is 2. The highest BCUT2D eigenvalue weighted by Gasteiger charge is 2.42. The minimum Gasteiger partial charge on any atom is -0.469 e. The van der Waals surface area contributed by atoms with Gasteiger partial charge in [-0.2, -0.15) is 0 Å². The lowest BCUT2D eigenvalue weighted by atomic mass is 9.83. The summed E-state index contributed by atoms with van der Waals surface area (Å²) in [5, 5.41) is -0.712. The molecule has 21 heavy (non-hydrogen) atoms. The second-order valence-electron chi connectivity index (χ2n) is 6.44. The molecule has 0 amide bonds. The van der Waals surface area contributed by atoms with Crippen molar-refractivity contribution in [1.29, 1.82) is 0 Å². The van der Waals surface area contributed by atoms with Gasteiger partial charge in [-0.1, -0.05) is 19.3 Å². The molecule has 0 bridgehead atoms. The first-order chi connectivity index (χ1) is 9.87. The summed E-state index contributed by atoms with van der Waals surface area (Å²) in [5.74, 6) is -0.463. The maximum absolute atomic E-state index is 12.3. The first-order valence-electron chi connectivity index (χ1n) is 7.83. The van der Waals surface area contributed by atoms with E-state index < -0.39 is 21.1 Å². The van der Waals surface area contributed by atoms with Crippen LogP contribution in [0.5, 0.6) is 0 Å². The summed E-state index contributed by atoms with van der Waals surface area (Å²) < 4.78 is 35.3. The molecule has 1 heterocycles. The van der Waals surface area contributed by atoms with Gasteiger partial charge >= 0.3 is 5.97 Å². The number of sulfone groups is 1. The Balaban J connectivity index is 1.90. The SMILES string of the molecule is COC(=O)CC(C)S(=O)(=O)CC1CCC2(CCCCC2)O1. The van der Waals surface area contributed by atoms with Crippen molar-refractivity contribution in [1.82, 2.24) is 0 Å². The molecule has 0 aromatic rings. The van der Waals surface area contributed by atoms with Crippen LogP contribution in [0.1, 0.15) is 58.3 Å². The number of hydrogen-bond donors (Lipinski definition) is 0. The second kappa shape index (κ2) is 6.65. The summed E-state index contributed by atoms with van der Waals surface area (Å²) in [5.41, 5.74) is -0.0655. The summed E-state index contributed by atoms with van der Waals surface area (Å²) in [6.07, 6.45) is 7.20. The molecule has 2 rings (SSSR count). The van der Waals surface area contributed by atoms with Gasteiger partial charge in [0.05, 0.1) is 36.2 Å². The number of hydrogen-bond acceptors (Lipinski definition) is 5. The van der Waals surface area contributed by atoms with Crippen LogP contribution >= 0.6 is 0 Å². The number of rotatable bonds is 5. The van der Waals surface area contributed by atoms with E-state index in [1.807, 2.05) is 0 Å². The van der Waals surface area contributed by atoms with Crippen LogP contribution in [0.25, 0.3) is 0 Å². The Bertz CT molecular complexity index is 464. The first-order valence-corrected chi connectivity index (χ1v) is 9.55. The third kappa shape index (κ3) is 4.19. The Morgan fingerprint density at radius 3 is 2.57 bits per heavy atom. The zero-order valence-electron chi connectivity index (χ0n) is 13.0. The molecule has 1 aliphatic carbocycles. The van der Waals surface area contributed by atoms with Crippen LogP contribution in [0.3, 0.4) is 0 Å². The van der Waals surface area contributed by atoms with Gasteiger partial charge < -0.3 is 9.47 Å². The minimum atomic E-state index is -3.33. The van der Waals surface area contributed by atoms with Crippen LogP contribution in [0, 0.1) is 0 Å². The average molecular weight is 318 g/mol. The van der Waals surface area contributed by atoms with Crippen LogP contribution in [0.15, 0.2) is 0 Å². The number of carbonyl (C=O) groups excluding carboxylic acids is 1. The maximum Gasteiger partial charge on any atom is 0.306 e. The molecule has 0 N–H and O–H groups in total. The highest BCUT2D eigenvalue weighted by Crippen LogP contribution is 2.42. The van der Waals surface area contributed by atoms with Gasteiger partial charge in [0.2, 0.25) is 0 Å². The molecule has 1 saturated carbocycles. The van der Waals surface area contributed by atoms with E-state index in [2.05, 4.69) is 4.74 Å². The van der Waals surface area contributed by atoms with E-state index in [0.717, 1.165) is 25.7 Å². The van der Waals surface area contributed by atoms with Crippen molar-refractivity contribution >= 4 is 15.8 Å². The van der Waals surface area contributed by atoms with Crippen LogP contribution < -0.4 is 0 Å². The van der Waals surface area contributed by atoms with E-state index in [-0.39, 0.29) is 23.9 Å². The molecular formula is C15H26O5S. The molecule has 0 aromatic heterocycles. The normalized spacial score (nSPS) is 26.7. The molecule has 2 fully saturated rings. The molecule has 122 valence electrons. The zero-order valence-corrected chi connectivity index (χ0v) is 13.8. The standard InChI is InChI=1S/C15H26O5S/c1-12(10-14(16)19-2)21(17,18)11-13-6-9-15(20-13)7-4-3-5-8-15/h12-13H,3-11H2,1-2H3. The van der Waals surface area contributed by atoms with Gasteiger partial charge in [-0.05, 0) is 32.6 Å². The van der Waals surface area contributed by atoms with Crippen LogP contribution in [-0.2, 0) is 24.1 Å².